The zero-order chi connectivity index (χ0) is 15.7. The Kier molecular flexibility index (Phi) is 3.63. The number of ketones is 1. The summed E-state index contributed by atoms with van der Waals surface area (Å²) in [6, 6.07) is 7.58. The number of benzene rings is 1. The number of rotatable bonds is 4. The Morgan fingerprint density at radius 3 is 2.77 bits per heavy atom. The third-order valence-electron chi connectivity index (χ3n) is 3.73. The molecule has 22 heavy (non-hydrogen) atoms. The van der Waals surface area contributed by atoms with Crippen molar-refractivity contribution in [3.63, 3.8) is 0 Å². The monoisotopic (exact) mass is 295 g/mol. The molecule has 1 aromatic carbocycles. The van der Waals surface area contributed by atoms with E-state index < -0.39 is 0 Å². The second-order valence-corrected chi connectivity index (χ2v) is 5.25. The molecule has 3 rings (SSSR count). The van der Waals surface area contributed by atoms with Crippen LogP contribution in [0.25, 0.3) is 11.0 Å². The molecule has 0 radical (unpaired) electrons. The number of carbonyl (C=O) groups is 1. The van der Waals surface area contributed by atoms with Crippen LogP contribution in [0.1, 0.15) is 27.4 Å². The maximum atomic E-state index is 12.4. The van der Waals surface area contributed by atoms with Crippen molar-refractivity contribution in [2.45, 2.75) is 20.3 Å². The normalized spacial score (nSPS) is 10.9. The summed E-state index contributed by atoms with van der Waals surface area (Å²) in [4.78, 5) is 24.2. The SMILES string of the molecule is COc1c(C)cnc(CC(=O)c2nc3ccccc3[nH]2)c1C. The molecular weight excluding hydrogens is 278 g/mol. The maximum Gasteiger partial charge on any atom is 0.204 e. The van der Waals surface area contributed by atoms with Crippen molar-refractivity contribution in [1.29, 1.82) is 0 Å². The first-order valence-corrected chi connectivity index (χ1v) is 7.07. The largest absolute Gasteiger partial charge is 0.496 e. The van der Waals surface area contributed by atoms with Gasteiger partial charge in [0.25, 0.3) is 0 Å². The molecule has 2 aromatic heterocycles. The smallest absolute Gasteiger partial charge is 0.204 e. The number of ether oxygens (including phenoxy) is 1. The van der Waals surface area contributed by atoms with Crippen LogP contribution in [0, 0.1) is 13.8 Å². The number of hydrogen-bond donors (Lipinski definition) is 1. The van der Waals surface area contributed by atoms with Crippen molar-refractivity contribution >= 4 is 16.8 Å². The van der Waals surface area contributed by atoms with Gasteiger partial charge in [0, 0.05) is 17.3 Å². The second kappa shape index (κ2) is 5.60. The lowest BCUT2D eigenvalue weighted by Gasteiger charge is -2.11. The van der Waals surface area contributed by atoms with Gasteiger partial charge in [-0.05, 0) is 26.0 Å². The molecule has 0 unspecified atom stereocenters. The van der Waals surface area contributed by atoms with Gasteiger partial charge in [-0.2, -0.15) is 0 Å². The minimum Gasteiger partial charge on any atom is -0.496 e. The van der Waals surface area contributed by atoms with Gasteiger partial charge in [0.1, 0.15) is 5.75 Å². The molecule has 0 aliphatic heterocycles. The van der Waals surface area contributed by atoms with E-state index in [-0.39, 0.29) is 12.2 Å². The van der Waals surface area contributed by atoms with Crippen LogP contribution in [0.5, 0.6) is 5.75 Å². The van der Waals surface area contributed by atoms with Crippen molar-refractivity contribution in [2.75, 3.05) is 7.11 Å². The van der Waals surface area contributed by atoms with Crippen LogP contribution in [0.2, 0.25) is 0 Å². The molecule has 0 fully saturated rings. The number of imidazole rings is 1. The van der Waals surface area contributed by atoms with Gasteiger partial charge < -0.3 is 9.72 Å². The van der Waals surface area contributed by atoms with E-state index in [2.05, 4.69) is 15.0 Å². The molecule has 112 valence electrons. The standard InChI is InChI=1S/C17H17N3O2/c1-10-9-18-14(11(2)16(10)22-3)8-15(21)17-19-12-6-4-5-7-13(12)20-17/h4-7,9H,8H2,1-3H3,(H,19,20). The molecule has 3 aromatic rings. The summed E-state index contributed by atoms with van der Waals surface area (Å²) in [5.41, 5.74) is 4.22. The first-order valence-electron chi connectivity index (χ1n) is 7.07. The molecule has 5 heteroatoms. The number of aryl methyl sites for hydroxylation is 1. The number of Topliss-reactive ketones (excluding diaryl/α,β-unsaturated/α-hetero) is 1. The molecule has 0 spiro atoms. The van der Waals surface area contributed by atoms with E-state index in [1.54, 1.807) is 13.3 Å². The molecule has 0 saturated carbocycles. The summed E-state index contributed by atoms with van der Waals surface area (Å²) in [5.74, 6) is 1.06. The van der Waals surface area contributed by atoms with Gasteiger partial charge in [-0.3, -0.25) is 9.78 Å². The number of methoxy groups -OCH3 is 1. The third-order valence-corrected chi connectivity index (χ3v) is 3.73. The van der Waals surface area contributed by atoms with Gasteiger partial charge in [0.15, 0.2) is 5.82 Å². The number of pyridine rings is 1. The number of aromatic amines is 1. The highest BCUT2D eigenvalue weighted by atomic mass is 16.5. The Morgan fingerprint density at radius 1 is 1.27 bits per heavy atom. The lowest BCUT2D eigenvalue weighted by atomic mass is 10.1. The number of para-hydroxylation sites is 2. The highest BCUT2D eigenvalue weighted by Gasteiger charge is 2.16. The van der Waals surface area contributed by atoms with E-state index in [1.807, 2.05) is 38.1 Å². The Bertz CT molecular complexity index is 819. The number of aromatic nitrogens is 3. The summed E-state index contributed by atoms with van der Waals surface area (Å²) in [7, 11) is 1.63. The van der Waals surface area contributed by atoms with Crippen LogP contribution in [-0.4, -0.2) is 27.8 Å². The van der Waals surface area contributed by atoms with Gasteiger partial charge in [-0.1, -0.05) is 12.1 Å². The fraction of sp³-hybridized carbons (Fsp3) is 0.235. The number of nitrogens with zero attached hydrogens (tertiary/aromatic N) is 2. The highest BCUT2D eigenvalue weighted by Crippen LogP contribution is 2.24. The van der Waals surface area contributed by atoms with E-state index in [9.17, 15) is 4.79 Å². The van der Waals surface area contributed by atoms with E-state index in [4.69, 9.17) is 4.74 Å². The highest BCUT2D eigenvalue weighted by molar-refractivity contribution is 5.97. The Hall–Kier alpha value is -2.69. The third kappa shape index (κ3) is 2.45. The quantitative estimate of drug-likeness (QED) is 0.751. The molecule has 0 saturated heterocycles. The van der Waals surface area contributed by atoms with Crippen LogP contribution in [0.15, 0.2) is 30.5 Å². The zero-order valence-electron chi connectivity index (χ0n) is 12.8. The first-order chi connectivity index (χ1) is 10.6. The molecule has 0 atom stereocenters. The molecule has 0 aliphatic rings. The molecule has 0 bridgehead atoms. The van der Waals surface area contributed by atoms with Crippen molar-refractivity contribution < 1.29 is 9.53 Å². The molecule has 2 heterocycles. The predicted octanol–water partition coefficient (Wildman–Crippen LogP) is 3.01. The maximum absolute atomic E-state index is 12.4. The summed E-state index contributed by atoms with van der Waals surface area (Å²) < 4.78 is 5.38. The summed E-state index contributed by atoms with van der Waals surface area (Å²) in [5, 5.41) is 0. The minimum absolute atomic E-state index is 0.0855. The number of H-pyrrole nitrogens is 1. The van der Waals surface area contributed by atoms with Crippen molar-refractivity contribution in [1.82, 2.24) is 15.0 Å². The minimum atomic E-state index is -0.0855. The second-order valence-electron chi connectivity index (χ2n) is 5.25. The van der Waals surface area contributed by atoms with Crippen LogP contribution < -0.4 is 4.74 Å². The molecule has 0 aliphatic carbocycles. The topological polar surface area (TPSA) is 67.9 Å². The Labute approximate surface area is 128 Å². The van der Waals surface area contributed by atoms with E-state index in [0.717, 1.165) is 27.9 Å². The van der Waals surface area contributed by atoms with Crippen molar-refractivity contribution in [2.24, 2.45) is 0 Å². The van der Waals surface area contributed by atoms with Crippen LogP contribution in [-0.2, 0) is 6.42 Å². The van der Waals surface area contributed by atoms with Gasteiger partial charge in [0.2, 0.25) is 5.78 Å². The summed E-state index contributed by atoms with van der Waals surface area (Å²) >= 11 is 0. The summed E-state index contributed by atoms with van der Waals surface area (Å²) in [6.07, 6.45) is 1.93. The van der Waals surface area contributed by atoms with Crippen molar-refractivity contribution in [3.05, 3.63) is 53.1 Å². The molecular formula is C17H17N3O2. The van der Waals surface area contributed by atoms with Crippen LogP contribution in [0.3, 0.4) is 0 Å². The molecule has 5 nitrogen and oxygen atoms in total. The predicted molar refractivity (Wildman–Crippen MR) is 84.4 cm³/mol. The lowest BCUT2D eigenvalue weighted by molar-refractivity contribution is 0.0983. The molecule has 0 amide bonds. The lowest BCUT2D eigenvalue weighted by Crippen LogP contribution is -2.09. The molecule has 1 N–H and O–H groups in total. The Morgan fingerprint density at radius 2 is 2.05 bits per heavy atom. The average Bonchev–Trinajstić information content (AvgIpc) is 2.95. The van der Waals surface area contributed by atoms with Crippen LogP contribution >= 0.6 is 0 Å². The number of carbonyl (C=O) groups excluding carboxylic acids is 1. The van der Waals surface area contributed by atoms with Gasteiger partial charge in [-0.15, -0.1) is 0 Å². The zero-order valence-corrected chi connectivity index (χ0v) is 12.8. The van der Waals surface area contributed by atoms with Gasteiger partial charge in [-0.25, -0.2) is 4.98 Å². The van der Waals surface area contributed by atoms with E-state index >= 15 is 0 Å². The van der Waals surface area contributed by atoms with Gasteiger partial charge >= 0.3 is 0 Å². The average molecular weight is 295 g/mol. The number of hydrogen-bond acceptors (Lipinski definition) is 4. The number of fused-ring (bicyclic) bond motifs is 1. The van der Waals surface area contributed by atoms with Gasteiger partial charge in [0.05, 0.1) is 30.3 Å². The van der Waals surface area contributed by atoms with Crippen LogP contribution in [0.4, 0.5) is 0 Å². The summed E-state index contributed by atoms with van der Waals surface area (Å²) in [6.45, 7) is 3.85. The fourth-order valence-corrected chi connectivity index (χ4v) is 2.57. The first kappa shape index (κ1) is 14.3. The fourth-order valence-electron chi connectivity index (χ4n) is 2.57. The van der Waals surface area contributed by atoms with E-state index in [1.165, 1.54) is 0 Å². The van der Waals surface area contributed by atoms with Crippen molar-refractivity contribution in [3.8, 4) is 5.75 Å². The van der Waals surface area contributed by atoms with E-state index in [0.29, 0.717) is 11.5 Å². The number of nitrogens with one attached hydrogen (secondary N) is 1. The Balaban J connectivity index is 1.91.